The predicted octanol–water partition coefficient (Wildman–Crippen LogP) is 2.05. The van der Waals surface area contributed by atoms with Crippen molar-refractivity contribution in [1.82, 2.24) is 0 Å². The van der Waals surface area contributed by atoms with Crippen molar-refractivity contribution < 1.29 is 14.3 Å². The van der Waals surface area contributed by atoms with Gasteiger partial charge in [-0.05, 0) is 31.1 Å². The standard InChI is InChI=1S/C15H20N2O3/c16-15(18)8-10-20-14-7-2-1-6-13(14)17-11-12-5-3-4-9-19-12/h1-2,4,6-7,9,12,17H,3,5,8,10-11H2,(H2,16,18). The minimum Gasteiger partial charge on any atom is -0.497 e. The number of nitrogens with one attached hydrogen (secondary N) is 1. The van der Waals surface area contributed by atoms with E-state index in [-0.39, 0.29) is 25.0 Å². The molecule has 0 aliphatic carbocycles. The van der Waals surface area contributed by atoms with Gasteiger partial charge in [-0.25, -0.2) is 0 Å². The Bertz CT molecular complexity index is 474. The van der Waals surface area contributed by atoms with Crippen molar-refractivity contribution >= 4 is 11.6 Å². The summed E-state index contributed by atoms with van der Waals surface area (Å²) in [5.74, 6) is 0.359. The fourth-order valence-corrected chi connectivity index (χ4v) is 1.96. The molecule has 0 aromatic heterocycles. The first-order valence-electron chi connectivity index (χ1n) is 6.80. The number of ether oxygens (including phenoxy) is 2. The molecule has 5 nitrogen and oxygen atoms in total. The van der Waals surface area contributed by atoms with Crippen LogP contribution in [0.15, 0.2) is 36.6 Å². The topological polar surface area (TPSA) is 73.6 Å². The SMILES string of the molecule is NC(=O)CCOc1ccccc1NCC1CCC=CO1. The van der Waals surface area contributed by atoms with E-state index in [1.54, 1.807) is 6.26 Å². The van der Waals surface area contributed by atoms with Crippen LogP contribution >= 0.6 is 0 Å². The van der Waals surface area contributed by atoms with Gasteiger partial charge in [0.15, 0.2) is 0 Å². The molecule has 5 heteroatoms. The minimum absolute atomic E-state index is 0.179. The van der Waals surface area contributed by atoms with Crippen LogP contribution in [-0.4, -0.2) is 25.2 Å². The van der Waals surface area contributed by atoms with Crippen molar-refractivity contribution in [2.24, 2.45) is 5.73 Å². The smallest absolute Gasteiger partial charge is 0.220 e. The lowest BCUT2D eigenvalue weighted by Crippen LogP contribution is -2.23. The van der Waals surface area contributed by atoms with E-state index in [4.69, 9.17) is 15.2 Å². The number of nitrogens with two attached hydrogens (primary N) is 1. The van der Waals surface area contributed by atoms with Crippen LogP contribution in [-0.2, 0) is 9.53 Å². The highest BCUT2D eigenvalue weighted by atomic mass is 16.5. The molecule has 108 valence electrons. The summed E-state index contributed by atoms with van der Waals surface area (Å²) in [6, 6.07) is 7.64. The first-order valence-corrected chi connectivity index (χ1v) is 6.80. The molecule has 0 saturated heterocycles. The molecular formula is C15H20N2O3. The summed E-state index contributed by atoms with van der Waals surface area (Å²) in [6.07, 6.45) is 6.23. The fourth-order valence-electron chi connectivity index (χ4n) is 1.96. The Kier molecular flexibility index (Phi) is 5.29. The summed E-state index contributed by atoms with van der Waals surface area (Å²) in [6.45, 7) is 1.01. The average Bonchev–Trinajstić information content (AvgIpc) is 2.47. The number of amides is 1. The summed E-state index contributed by atoms with van der Waals surface area (Å²) in [5, 5.41) is 3.32. The molecule has 20 heavy (non-hydrogen) atoms. The summed E-state index contributed by atoms with van der Waals surface area (Å²) in [5.41, 5.74) is 5.99. The molecule has 0 bridgehead atoms. The Labute approximate surface area is 118 Å². The Hall–Kier alpha value is -2.17. The van der Waals surface area contributed by atoms with Crippen molar-refractivity contribution in [3.8, 4) is 5.75 Å². The van der Waals surface area contributed by atoms with Gasteiger partial charge in [-0.1, -0.05) is 12.1 Å². The molecule has 1 amide bonds. The zero-order valence-corrected chi connectivity index (χ0v) is 11.4. The van der Waals surface area contributed by atoms with E-state index in [0.29, 0.717) is 0 Å². The number of para-hydroxylation sites is 2. The van der Waals surface area contributed by atoms with Crippen LogP contribution in [0.25, 0.3) is 0 Å². The van der Waals surface area contributed by atoms with Crippen molar-refractivity contribution in [2.75, 3.05) is 18.5 Å². The molecule has 1 aliphatic rings. The zero-order valence-electron chi connectivity index (χ0n) is 11.4. The van der Waals surface area contributed by atoms with Gasteiger partial charge in [0.2, 0.25) is 5.91 Å². The molecule has 1 unspecified atom stereocenters. The summed E-state index contributed by atoms with van der Waals surface area (Å²) in [7, 11) is 0. The molecule has 2 rings (SSSR count). The Morgan fingerprint density at radius 1 is 1.45 bits per heavy atom. The molecule has 1 atom stereocenters. The monoisotopic (exact) mass is 276 g/mol. The molecule has 0 spiro atoms. The summed E-state index contributed by atoms with van der Waals surface area (Å²) in [4.78, 5) is 10.7. The first-order chi connectivity index (χ1) is 9.75. The molecule has 3 N–H and O–H groups in total. The second kappa shape index (κ2) is 7.43. The van der Waals surface area contributed by atoms with Gasteiger partial charge < -0.3 is 20.5 Å². The Balaban J connectivity index is 1.86. The highest BCUT2D eigenvalue weighted by Gasteiger charge is 2.11. The van der Waals surface area contributed by atoms with Gasteiger partial charge >= 0.3 is 0 Å². The van der Waals surface area contributed by atoms with Crippen molar-refractivity contribution in [3.63, 3.8) is 0 Å². The maximum Gasteiger partial charge on any atom is 0.220 e. The quantitative estimate of drug-likeness (QED) is 0.799. The van der Waals surface area contributed by atoms with Gasteiger partial charge in [0, 0.05) is 0 Å². The first kappa shape index (κ1) is 14.2. The van der Waals surface area contributed by atoms with Gasteiger partial charge in [0.1, 0.15) is 11.9 Å². The number of carbonyl (C=O) groups excluding carboxylic acids is 1. The average molecular weight is 276 g/mol. The van der Waals surface area contributed by atoms with Gasteiger partial charge in [0.25, 0.3) is 0 Å². The van der Waals surface area contributed by atoms with E-state index < -0.39 is 0 Å². The third-order valence-electron chi connectivity index (χ3n) is 3.04. The van der Waals surface area contributed by atoms with Gasteiger partial charge in [-0.2, -0.15) is 0 Å². The number of rotatable bonds is 7. The molecular weight excluding hydrogens is 256 g/mol. The van der Waals surface area contributed by atoms with Crippen LogP contribution < -0.4 is 15.8 Å². The second-order valence-electron chi connectivity index (χ2n) is 4.65. The summed E-state index contributed by atoms with van der Waals surface area (Å²) < 4.78 is 11.1. The van der Waals surface area contributed by atoms with Crippen molar-refractivity contribution in [2.45, 2.75) is 25.4 Å². The number of anilines is 1. The van der Waals surface area contributed by atoms with Crippen LogP contribution in [0.4, 0.5) is 5.69 Å². The molecule has 1 aliphatic heterocycles. The van der Waals surface area contributed by atoms with Gasteiger partial charge in [0.05, 0.1) is 31.5 Å². The van der Waals surface area contributed by atoms with Gasteiger partial charge in [-0.15, -0.1) is 0 Å². The molecule has 0 fully saturated rings. The number of carbonyl (C=O) groups is 1. The largest absolute Gasteiger partial charge is 0.497 e. The maximum atomic E-state index is 10.7. The second-order valence-corrected chi connectivity index (χ2v) is 4.65. The number of allylic oxidation sites excluding steroid dienone is 1. The number of hydrogen-bond donors (Lipinski definition) is 2. The van der Waals surface area contributed by atoms with E-state index in [2.05, 4.69) is 5.32 Å². The molecule has 1 aromatic rings. The lowest BCUT2D eigenvalue weighted by molar-refractivity contribution is -0.118. The highest BCUT2D eigenvalue weighted by molar-refractivity contribution is 5.73. The summed E-state index contributed by atoms with van der Waals surface area (Å²) >= 11 is 0. The van der Waals surface area contributed by atoms with Crippen LogP contribution in [0.1, 0.15) is 19.3 Å². The third-order valence-corrected chi connectivity index (χ3v) is 3.04. The lowest BCUT2D eigenvalue weighted by atomic mass is 10.1. The van der Waals surface area contributed by atoms with E-state index in [0.717, 1.165) is 30.8 Å². The van der Waals surface area contributed by atoms with Crippen molar-refractivity contribution in [3.05, 3.63) is 36.6 Å². The minimum atomic E-state index is -0.363. The number of primary amides is 1. The molecule has 1 aromatic carbocycles. The fraction of sp³-hybridized carbons (Fsp3) is 0.400. The molecule has 0 radical (unpaired) electrons. The Morgan fingerprint density at radius 2 is 2.30 bits per heavy atom. The molecule has 1 heterocycles. The highest BCUT2D eigenvalue weighted by Crippen LogP contribution is 2.24. The Morgan fingerprint density at radius 3 is 3.05 bits per heavy atom. The van der Waals surface area contributed by atoms with Gasteiger partial charge in [-0.3, -0.25) is 4.79 Å². The van der Waals surface area contributed by atoms with Crippen LogP contribution in [0.3, 0.4) is 0 Å². The lowest BCUT2D eigenvalue weighted by Gasteiger charge is -2.21. The van der Waals surface area contributed by atoms with E-state index >= 15 is 0 Å². The predicted molar refractivity (Wildman–Crippen MR) is 77.5 cm³/mol. The van der Waals surface area contributed by atoms with Crippen LogP contribution in [0.2, 0.25) is 0 Å². The maximum absolute atomic E-state index is 10.7. The van der Waals surface area contributed by atoms with Crippen molar-refractivity contribution in [1.29, 1.82) is 0 Å². The molecule has 0 saturated carbocycles. The van der Waals surface area contributed by atoms with E-state index in [9.17, 15) is 4.79 Å². The number of benzene rings is 1. The normalized spacial score (nSPS) is 17.3. The van der Waals surface area contributed by atoms with Crippen LogP contribution in [0.5, 0.6) is 5.75 Å². The van der Waals surface area contributed by atoms with Crippen LogP contribution in [0, 0.1) is 0 Å². The number of hydrogen-bond acceptors (Lipinski definition) is 4. The third kappa shape index (κ3) is 4.50. The zero-order chi connectivity index (χ0) is 14.2. The van der Waals surface area contributed by atoms with E-state index in [1.807, 2.05) is 30.3 Å². The van der Waals surface area contributed by atoms with E-state index in [1.165, 1.54) is 0 Å².